The number of thiocarbonyl (C=S) groups is 1. The fraction of sp³-hybridized carbons (Fsp3) is 0.286. The summed E-state index contributed by atoms with van der Waals surface area (Å²) in [5.41, 5.74) is 0.721. The van der Waals surface area contributed by atoms with Crippen molar-refractivity contribution in [2.24, 2.45) is 0 Å². The standard InChI is InChI=1S/C21H20ClNO5S2/c1-27-16-8-6-13(22)11-15(16)17-9-7-14(28-17)12-18-20(26)23(21(29)30-18)10-4-2-3-5-19(24)25/h6-9,11-12H,2-5,10H2,1H3,(H,24,25). The lowest BCUT2D eigenvalue weighted by molar-refractivity contribution is -0.137. The van der Waals surface area contributed by atoms with Crippen molar-refractivity contribution >= 4 is 57.9 Å². The number of hydrogen-bond acceptors (Lipinski definition) is 6. The largest absolute Gasteiger partial charge is 0.496 e. The van der Waals surface area contributed by atoms with Gasteiger partial charge in [0, 0.05) is 24.1 Å². The highest BCUT2D eigenvalue weighted by Gasteiger charge is 2.31. The van der Waals surface area contributed by atoms with Crippen LogP contribution in [0, 0.1) is 0 Å². The van der Waals surface area contributed by atoms with Crippen molar-refractivity contribution in [1.82, 2.24) is 4.90 Å². The van der Waals surface area contributed by atoms with Gasteiger partial charge in [-0.3, -0.25) is 14.5 Å². The Morgan fingerprint density at radius 2 is 2.10 bits per heavy atom. The SMILES string of the molecule is COc1ccc(Cl)cc1-c1ccc(C=C2SC(=S)N(CCCCCC(=O)O)C2=O)o1. The van der Waals surface area contributed by atoms with Crippen LogP contribution < -0.4 is 4.74 Å². The Kier molecular flexibility index (Phi) is 7.58. The third-order valence-corrected chi connectivity index (χ3v) is 6.09. The van der Waals surface area contributed by atoms with Crippen LogP contribution in [0.5, 0.6) is 5.75 Å². The normalized spacial score (nSPS) is 15.3. The van der Waals surface area contributed by atoms with Crippen LogP contribution in [0.15, 0.2) is 39.7 Å². The highest BCUT2D eigenvalue weighted by atomic mass is 35.5. The molecular formula is C21H20ClNO5S2. The quantitative estimate of drug-likeness (QED) is 0.299. The number of aliphatic carboxylic acids is 1. The zero-order valence-electron chi connectivity index (χ0n) is 16.2. The molecule has 0 aliphatic carbocycles. The fourth-order valence-corrected chi connectivity index (χ4v) is 4.45. The van der Waals surface area contributed by atoms with E-state index in [1.54, 1.807) is 48.4 Å². The molecule has 2 aromatic rings. The van der Waals surface area contributed by atoms with Crippen molar-refractivity contribution in [3.05, 3.63) is 46.0 Å². The van der Waals surface area contributed by atoms with E-state index in [-0.39, 0.29) is 12.3 Å². The topological polar surface area (TPSA) is 80.0 Å². The monoisotopic (exact) mass is 465 g/mol. The number of carboxylic acid groups (broad SMARTS) is 1. The number of thioether (sulfide) groups is 1. The summed E-state index contributed by atoms with van der Waals surface area (Å²) in [5.74, 6) is 0.760. The molecule has 1 aliphatic rings. The zero-order valence-corrected chi connectivity index (χ0v) is 18.6. The predicted octanol–water partition coefficient (Wildman–Crippen LogP) is 5.45. The van der Waals surface area contributed by atoms with Crippen LogP contribution >= 0.6 is 35.6 Å². The summed E-state index contributed by atoms with van der Waals surface area (Å²) in [6, 6.07) is 8.83. The Morgan fingerprint density at radius 3 is 2.83 bits per heavy atom. The maximum absolute atomic E-state index is 12.7. The molecule has 30 heavy (non-hydrogen) atoms. The molecule has 0 saturated carbocycles. The van der Waals surface area contributed by atoms with Gasteiger partial charge in [0.15, 0.2) is 0 Å². The molecule has 3 rings (SSSR count). The zero-order chi connectivity index (χ0) is 21.7. The smallest absolute Gasteiger partial charge is 0.303 e. The number of rotatable bonds is 9. The lowest BCUT2D eigenvalue weighted by Crippen LogP contribution is -2.29. The van der Waals surface area contributed by atoms with E-state index in [0.717, 1.165) is 12.0 Å². The summed E-state index contributed by atoms with van der Waals surface area (Å²) in [6.45, 7) is 0.477. The van der Waals surface area contributed by atoms with E-state index in [1.165, 1.54) is 11.8 Å². The average molecular weight is 466 g/mol. The molecule has 1 saturated heterocycles. The second-order valence-corrected chi connectivity index (χ2v) is 8.70. The first-order valence-electron chi connectivity index (χ1n) is 9.30. The fourth-order valence-electron chi connectivity index (χ4n) is 2.99. The Balaban J connectivity index is 1.68. The van der Waals surface area contributed by atoms with Gasteiger partial charge in [-0.25, -0.2) is 0 Å². The average Bonchev–Trinajstić information content (AvgIpc) is 3.27. The molecule has 0 atom stereocenters. The lowest BCUT2D eigenvalue weighted by atomic mass is 10.1. The van der Waals surface area contributed by atoms with Gasteiger partial charge in [0.2, 0.25) is 0 Å². The molecule has 0 spiro atoms. The van der Waals surface area contributed by atoms with Crippen molar-refractivity contribution < 1.29 is 23.8 Å². The summed E-state index contributed by atoms with van der Waals surface area (Å²) in [4.78, 5) is 25.3. The van der Waals surface area contributed by atoms with Crippen LogP contribution in [0.4, 0.5) is 0 Å². The number of hydrogen-bond donors (Lipinski definition) is 1. The maximum Gasteiger partial charge on any atom is 0.303 e. The van der Waals surface area contributed by atoms with Gasteiger partial charge in [-0.15, -0.1) is 0 Å². The Hall–Kier alpha value is -2.29. The molecule has 1 aliphatic heterocycles. The molecule has 6 nitrogen and oxygen atoms in total. The summed E-state index contributed by atoms with van der Waals surface area (Å²) in [7, 11) is 1.57. The molecule has 1 aromatic carbocycles. The van der Waals surface area contributed by atoms with Gasteiger partial charge in [0.25, 0.3) is 5.91 Å². The Morgan fingerprint density at radius 1 is 1.30 bits per heavy atom. The van der Waals surface area contributed by atoms with Gasteiger partial charge in [0.1, 0.15) is 21.6 Å². The van der Waals surface area contributed by atoms with Crippen LogP contribution in [0.3, 0.4) is 0 Å². The van der Waals surface area contributed by atoms with E-state index in [1.807, 2.05) is 0 Å². The molecule has 1 amide bonds. The van der Waals surface area contributed by atoms with Gasteiger partial charge in [-0.1, -0.05) is 42.0 Å². The van der Waals surface area contributed by atoms with Gasteiger partial charge in [0.05, 0.1) is 17.6 Å². The number of carbonyl (C=O) groups is 2. The number of benzene rings is 1. The number of carbonyl (C=O) groups excluding carboxylic acids is 1. The van der Waals surface area contributed by atoms with E-state index < -0.39 is 5.97 Å². The summed E-state index contributed by atoms with van der Waals surface area (Å²) < 4.78 is 11.7. The number of halogens is 1. The van der Waals surface area contributed by atoms with Crippen molar-refractivity contribution in [1.29, 1.82) is 0 Å². The lowest BCUT2D eigenvalue weighted by Gasteiger charge is -2.13. The van der Waals surface area contributed by atoms with Crippen molar-refractivity contribution in [2.45, 2.75) is 25.7 Å². The van der Waals surface area contributed by atoms with Gasteiger partial charge in [-0.2, -0.15) is 0 Å². The number of nitrogens with zero attached hydrogens (tertiary/aromatic N) is 1. The minimum atomic E-state index is -0.809. The highest BCUT2D eigenvalue weighted by Crippen LogP contribution is 2.36. The van der Waals surface area contributed by atoms with E-state index in [0.29, 0.717) is 50.9 Å². The molecule has 158 valence electrons. The molecular weight excluding hydrogens is 446 g/mol. The second kappa shape index (κ2) is 10.1. The molecule has 1 aromatic heterocycles. The maximum atomic E-state index is 12.7. The number of furan rings is 1. The van der Waals surface area contributed by atoms with Crippen molar-refractivity contribution in [2.75, 3.05) is 13.7 Å². The first-order chi connectivity index (χ1) is 14.4. The Labute approximate surface area is 188 Å². The number of amides is 1. The van der Waals surface area contributed by atoms with Crippen molar-refractivity contribution in [3.8, 4) is 17.1 Å². The molecule has 1 fully saturated rings. The van der Waals surface area contributed by atoms with Crippen LogP contribution in [0.2, 0.25) is 5.02 Å². The molecule has 9 heteroatoms. The van der Waals surface area contributed by atoms with Crippen molar-refractivity contribution in [3.63, 3.8) is 0 Å². The highest BCUT2D eigenvalue weighted by molar-refractivity contribution is 8.26. The molecule has 0 unspecified atom stereocenters. The van der Waals surface area contributed by atoms with Crippen LogP contribution in [-0.4, -0.2) is 39.9 Å². The molecule has 0 radical (unpaired) electrons. The van der Waals surface area contributed by atoms with E-state index >= 15 is 0 Å². The van der Waals surface area contributed by atoms with Crippen LogP contribution in [-0.2, 0) is 9.59 Å². The number of unbranched alkanes of at least 4 members (excludes halogenated alkanes) is 2. The minimum Gasteiger partial charge on any atom is -0.496 e. The number of ether oxygens (including phenoxy) is 1. The molecule has 0 bridgehead atoms. The summed E-state index contributed by atoms with van der Waals surface area (Å²) in [5, 5.41) is 9.25. The van der Waals surface area contributed by atoms with Crippen LogP contribution in [0.25, 0.3) is 17.4 Å². The van der Waals surface area contributed by atoms with Gasteiger partial charge < -0.3 is 14.3 Å². The van der Waals surface area contributed by atoms with Crippen LogP contribution in [0.1, 0.15) is 31.4 Å². The summed E-state index contributed by atoms with van der Waals surface area (Å²) in [6.07, 6.45) is 3.82. The molecule has 2 heterocycles. The summed E-state index contributed by atoms with van der Waals surface area (Å²) >= 11 is 12.7. The van der Waals surface area contributed by atoms with Gasteiger partial charge in [-0.05, 0) is 43.2 Å². The Bertz CT molecular complexity index is 1000. The first-order valence-corrected chi connectivity index (χ1v) is 10.9. The van der Waals surface area contributed by atoms with E-state index in [4.69, 9.17) is 38.1 Å². The molecule has 1 N–H and O–H groups in total. The third kappa shape index (κ3) is 5.44. The predicted molar refractivity (Wildman–Crippen MR) is 122 cm³/mol. The minimum absolute atomic E-state index is 0.135. The van der Waals surface area contributed by atoms with Gasteiger partial charge >= 0.3 is 5.97 Å². The number of carboxylic acids is 1. The second-order valence-electron chi connectivity index (χ2n) is 6.58. The third-order valence-electron chi connectivity index (χ3n) is 4.47. The number of methoxy groups -OCH3 is 1. The van der Waals surface area contributed by atoms with E-state index in [9.17, 15) is 9.59 Å². The van der Waals surface area contributed by atoms with E-state index in [2.05, 4.69) is 0 Å². The first kappa shape index (κ1) is 22.4.